The summed E-state index contributed by atoms with van der Waals surface area (Å²) in [5.41, 5.74) is -0.863. The second-order valence-electron chi connectivity index (χ2n) is 5.61. The van der Waals surface area contributed by atoms with Gasteiger partial charge in [-0.15, -0.1) is 0 Å². The molecule has 6 nitrogen and oxygen atoms in total. The van der Waals surface area contributed by atoms with Gasteiger partial charge < -0.3 is 10.4 Å². The van der Waals surface area contributed by atoms with Crippen molar-refractivity contribution in [3.8, 4) is 5.69 Å². The minimum Gasteiger partial charge on any atom is -0.465 e. The highest BCUT2D eigenvalue weighted by Crippen LogP contribution is 2.23. The van der Waals surface area contributed by atoms with Crippen molar-refractivity contribution in [1.29, 1.82) is 0 Å². The highest BCUT2D eigenvalue weighted by molar-refractivity contribution is 5.79. The Labute approximate surface area is 146 Å². The SMILES string of the molecule is CCC(NC(=O)O)c1nc2c(F)ccc(F)c2c(=O)n1-c1ccccc1. The van der Waals surface area contributed by atoms with Gasteiger partial charge in [0.15, 0.2) is 0 Å². The molecule has 26 heavy (non-hydrogen) atoms. The Kier molecular flexibility index (Phi) is 4.66. The lowest BCUT2D eigenvalue weighted by molar-refractivity contribution is 0.188. The largest absolute Gasteiger partial charge is 0.465 e. The summed E-state index contributed by atoms with van der Waals surface area (Å²) in [4.78, 5) is 28.2. The average Bonchev–Trinajstić information content (AvgIpc) is 2.63. The maximum absolute atomic E-state index is 14.2. The van der Waals surface area contributed by atoms with Crippen molar-refractivity contribution in [1.82, 2.24) is 14.9 Å². The standard InChI is InChI=1S/C18H15F2N3O3/c1-2-13(21-18(25)26)16-22-15-12(20)9-8-11(19)14(15)17(24)23(16)10-6-4-3-5-7-10/h3-9,13,21H,2H2,1H3,(H,25,26). The van der Waals surface area contributed by atoms with Crippen molar-refractivity contribution in [2.75, 3.05) is 0 Å². The molecule has 1 heterocycles. The first-order valence-corrected chi connectivity index (χ1v) is 7.89. The molecule has 0 saturated heterocycles. The lowest BCUT2D eigenvalue weighted by Crippen LogP contribution is -2.34. The summed E-state index contributed by atoms with van der Waals surface area (Å²) in [6.45, 7) is 1.69. The summed E-state index contributed by atoms with van der Waals surface area (Å²) in [7, 11) is 0. The normalized spacial score (nSPS) is 12.1. The van der Waals surface area contributed by atoms with Crippen LogP contribution in [0.5, 0.6) is 0 Å². The fourth-order valence-electron chi connectivity index (χ4n) is 2.79. The van der Waals surface area contributed by atoms with E-state index in [1.165, 1.54) is 0 Å². The molecule has 0 saturated carbocycles. The third kappa shape index (κ3) is 3.01. The Morgan fingerprint density at radius 2 is 1.85 bits per heavy atom. The predicted octanol–water partition coefficient (Wildman–Crippen LogP) is 3.38. The molecule has 134 valence electrons. The summed E-state index contributed by atoms with van der Waals surface area (Å²) in [5.74, 6) is -1.76. The van der Waals surface area contributed by atoms with Gasteiger partial charge in [0.05, 0.1) is 11.7 Å². The van der Waals surface area contributed by atoms with Crippen LogP contribution in [-0.2, 0) is 0 Å². The van der Waals surface area contributed by atoms with Crippen LogP contribution in [-0.4, -0.2) is 20.8 Å². The average molecular weight is 359 g/mol. The molecule has 2 aromatic carbocycles. The number of hydrogen-bond donors (Lipinski definition) is 2. The number of rotatable bonds is 4. The van der Waals surface area contributed by atoms with Crippen molar-refractivity contribution in [3.63, 3.8) is 0 Å². The third-order valence-corrected chi connectivity index (χ3v) is 3.98. The summed E-state index contributed by atoms with van der Waals surface area (Å²) >= 11 is 0. The van der Waals surface area contributed by atoms with Gasteiger partial charge >= 0.3 is 6.09 Å². The number of fused-ring (bicyclic) bond motifs is 1. The van der Waals surface area contributed by atoms with Crippen LogP contribution < -0.4 is 10.9 Å². The quantitative estimate of drug-likeness (QED) is 0.748. The first kappa shape index (κ1) is 17.5. The van der Waals surface area contributed by atoms with Crippen LogP contribution >= 0.6 is 0 Å². The molecule has 0 aliphatic heterocycles. The highest BCUT2D eigenvalue weighted by Gasteiger charge is 2.24. The molecule has 0 fully saturated rings. The van der Waals surface area contributed by atoms with Crippen LogP contribution in [0.1, 0.15) is 25.2 Å². The molecule has 3 aromatic rings. The molecule has 3 rings (SSSR count). The number of aromatic nitrogens is 2. The van der Waals surface area contributed by atoms with E-state index in [4.69, 9.17) is 5.11 Å². The second kappa shape index (κ2) is 6.91. The molecule has 0 spiro atoms. The number of carbonyl (C=O) groups is 1. The number of benzene rings is 2. The van der Waals surface area contributed by atoms with Crippen LogP contribution in [0.15, 0.2) is 47.3 Å². The van der Waals surface area contributed by atoms with Gasteiger partial charge in [-0.05, 0) is 30.7 Å². The van der Waals surface area contributed by atoms with Crippen LogP contribution in [0, 0.1) is 11.6 Å². The summed E-state index contributed by atoms with van der Waals surface area (Å²) in [5, 5.41) is 10.8. The number of hydrogen-bond acceptors (Lipinski definition) is 3. The summed E-state index contributed by atoms with van der Waals surface area (Å²) in [6.07, 6.45) is -1.06. The van der Waals surface area contributed by atoms with Crippen LogP contribution in [0.3, 0.4) is 0 Å². The molecule has 0 radical (unpaired) electrons. The van der Waals surface area contributed by atoms with Gasteiger partial charge in [0, 0.05) is 0 Å². The van der Waals surface area contributed by atoms with Crippen molar-refractivity contribution < 1.29 is 18.7 Å². The zero-order valence-electron chi connectivity index (χ0n) is 13.7. The minimum atomic E-state index is -1.31. The molecular weight excluding hydrogens is 344 g/mol. The number of amides is 1. The Morgan fingerprint density at radius 3 is 2.46 bits per heavy atom. The van der Waals surface area contributed by atoms with E-state index < -0.39 is 40.2 Å². The van der Waals surface area contributed by atoms with E-state index in [1.54, 1.807) is 37.3 Å². The first-order chi connectivity index (χ1) is 12.4. The summed E-state index contributed by atoms with van der Waals surface area (Å²) < 4.78 is 29.5. The van der Waals surface area contributed by atoms with Crippen molar-refractivity contribution in [3.05, 3.63) is 70.3 Å². The molecule has 1 aromatic heterocycles. The lowest BCUT2D eigenvalue weighted by atomic mass is 10.1. The maximum Gasteiger partial charge on any atom is 0.405 e. The Morgan fingerprint density at radius 1 is 1.19 bits per heavy atom. The number of nitrogens with one attached hydrogen (secondary N) is 1. The van der Waals surface area contributed by atoms with E-state index in [9.17, 15) is 18.4 Å². The van der Waals surface area contributed by atoms with E-state index >= 15 is 0 Å². The molecule has 8 heteroatoms. The first-order valence-electron chi connectivity index (χ1n) is 7.89. The van der Waals surface area contributed by atoms with Crippen LogP contribution in [0.2, 0.25) is 0 Å². The number of carboxylic acid groups (broad SMARTS) is 1. The Bertz CT molecular complexity index is 1040. The van der Waals surface area contributed by atoms with Gasteiger partial charge in [0.25, 0.3) is 5.56 Å². The third-order valence-electron chi connectivity index (χ3n) is 3.98. The molecule has 2 N–H and O–H groups in total. The van der Waals surface area contributed by atoms with Gasteiger partial charge in [-0.3, -0.25) is 9.36 Å². The topological polar surface area (TPSA) is 84.2 Å². The molecular formula is C18H15F2N3O3. The van der Waals surface area contributed by atoms with Gasteiger partial charge in [0.1, 0.15) is 28.4 Å². The van der Waals surface area contributed by atoms with Crippen LogP contribution in [0.4, 0.5) is 13.6 Å². The lowest BCUT2D eigenvalue weighted by Gasteiger charge is -2.20. The summed E-state index contributed by atoms with van der Waals surface area (Å²) in [6, 6.07) is 9.14. The van der Waals surface area contributed by atoms with Crippen molar-refractivity contribution in [2.45, 2.75) is 19.4 Å². The van der Waals surface area contributed by atoms with Crippen LogP contribution in [0.25, 0.3) is 16.6 Å². The van der Waals surface area contributed by atoms with Gasteiger partial charge in [-0.2, -0.15) is 0 Å². The Balaban J connectivity index is 2.43. The van der Waals surface area contributed by atoms with E-state index in [-0.39, 0.29) is 12.2 Å². The minimum absolute atomic E-state index is 0.0110. The number of nitrogens with zero attached hydrogens (tertiary/aromatic N) is 2. The smallest absolute Gasteiger partial charge is 0.405 e. The van der Waals surface area contributed by atoms with Gasteiger partial charge in [0.2, 0.25) is 0 Å². The van der Waals surface area contributed by atoms with E-state index in [0.29, 0.717) is 5.69 Å². The molecule has 1 atom stereocenters. The molecule has 0 aliphatic rings. The Hall–Kier alpha value is -3.29. The van der Waals surface area contributed by atoms with Crippen molar-refractivity contribution in [2.24, 2.45) is 0 Å². The maximum atomic E-state index is 14.2. The second-order valence-corrected chi connectivity index (χ2v) is 5.61. The number of para-hydroxylation sites is 1. The zero-order valence-corrected chi connectivity index (χ0v) is 13.7. The van der Waals surface area contributed by atoms with Crippen molar-refractivity contribution >= 4 is 17.0 Å². The number of halogens is 2. The van der Waals surface area contributed by atoms with E-state index in [1.807, 2.05) is 0 Å². The highest BCUT2D eigenvalue weighted by atomic mass is 19.1. The predicted molar refractivity (Wildman–Crippen MR) is 91.4 cm³/mol. The monoisotopic (exact) mass is 359 g/mol. The van der Waals surface area contributed by atoms with Gasteiger partial charge in [-0.25, -0.2) is 18.6 Å². The fraction of sp³-hybridized carbons (Fsp3) is 0.167. The molecule has 1 unspecified atom stereocenters. The van der Waals surface area contributed by atoms with E-state index in [2.05, 4.69) is 10.3 Å². The van der Waals surface area contributed by atoms with Gasteiger partial charge in [-0.1, -0.05) is 25.1 Å². The van der Waals surface area contributed by atoms with E-state index in [0.717, 1.165) is 16.7 Å². The molecule has 1 amide bonds. The molecule has 0 bridgehead atoms. The molecule has 0 aliphatic carbocycles. The zero-order chi connectivity index (χ0) is 18.8. The fourth-order valence-corrected chi connectivity index (χ4v) is 2.79.